The van der Waals surface area contributed by atoms with Crippen molar-refractivity contribution in [3.8, 4) is 0 Å². The van der Waals surface area contributed by atoms with Gasteiger partial charge in [-0.25, -0.2) is 0 Å². The molecule has 0 heterocycles. The van der Waals surface area contributed by atoms with Gasteiger partial charge in [-0.2, -0.15) is 0 Å². The number of amides is 1. The number of carbonyl (C=O) groups excluding carboxylic acids is 1. The molecule has 0 saturated carbocycles. The average Bonchev–Trinajstić information content (AvgIpc) is 2.32. The lowest BCUT2D eigenvalue weighted by molar-refractivity contribution is -0.119. The SMILES string of the molecule is CCCC(C)NC(=O)CS(=O)c1cccc(C)c1N. The van der Waals surface area contributed by atoms with Crippen molar-refractivity contribution in [1.82, 2.24) is 5.32 Å². The molecule has 0 aliphatic carbocycles. The van der Waals surface area contributed by atoms with E-state index < -0.39 is 10.8 Å². The number of anilines is 1. The fourth-order valence-corrected chi connectivity index (χ4v) is 2.98. The number of hydrogen-bond donors (Lipinski definition) is 2. The van der Waals surface area contributed by atoms with E-state index >= 15 is 0 Å². The Hall–Kier alpha value is -1.36. The van der Waals surface area contributed by atoms with E-state index in [2.05, 4.69) is 12.2 Å². The predicted molar refractivity (Wildman–Crippen MR) is 79.4 cm³/mol. The second-order valence-electron chi connectivity index (χ2n) is 4.73. The van der Waals surface area contributed by atoms with Crippen molar-refractivity contribution < 1.29 is 9.00 Å². The van der Waals surface area contributed by atoms with Crippen LogP contribution in [0.4, 0.5) is 5.69 Å². The molecule has 106 valence electrons. The number of carbonyl (C=O) groups is 1. The minimum absolute atomic E-state index is 0.0400. The van der Waals surface area contributed by atoms with Crippen LogP contribution in [0.15, 0.2) is 23.1 Å². The maximum atomic E-state index is 12.1. The van der Waals surface area contributed by atoms with Crippen LogP contribution in [0.2, 0.25) is 0 Å². The number of nitrogen functional groups attached to an aromatic ring is 1. The highest BCUT2D eigenvalue weighted by Gasteiger charge is 2.15. The van der Waals surface area contributed by atoms with Gasteiger partial charge in [0.15, 0.2) is 0 Å². The largest absolute Gasteiger partial charge is 0.398 e. The third kappa shape index (κ3) is 4.67. The standard InChI is InChI=1S/C14H22N2O2S/c1-4-6-11(3)16-13(17)9-19(18)12-8-5-7-10(2)14(12)15/h5,7-8,11H,4,6,9,15H2,1-3H3,(H,16,17). The molecule has 0 fully saturated rings. The van der Waals surface area contributed by atoms with Crippen LogP contribution in [0.1, 0.15) is 32.3 Å². The van der Waals surface area contributed by atoms with E-state index in [0.717, 1.165) is 18.4 Å². The van der Waals surface area contributed by atoms with Gasteiger partial charge in [-0.3, -0.25) is 9.00 Å². The Bertz CT molecular complexity index is 475. The molecule has 1 rings (SSSR count). The second kappa shape index (κ2) is 7.28. The summed E-state index contributed by atoms with van der Waals surface area (Å²) in [5, 5.41) is 2.84. The summed E-state index contributed by atoms with van der Waals surface area (Å²) in [5.74, 6) is -0.234. The topological polar surface area (TPSA) is 72.2 Å². The molecular weight excluding hydrogens is 260 g/mol. The molecule has 0 aliphatic heterocycles. The van der Waals surface area contributed by atoms with Gasteiger partial charge in [-0.15, -0.1) is 0 Å². The monoisotopic (exact) mass is 282 g/mol. The fraction of sp³-hybridized carbons (Fsp3) is 0.500. The molecule has 1 amide bonds. The summed E-state index contributed by atoms with van der Waals surface area (Å²) in [5.41, 5.74) is 7.27. The molecule has 1 aromatic carbocycles. The van der Waals surface area contributed by atoms with Crippen LogP contribution in [-0.4, -0.2) is 21.9 Å². The Balaban J connectivity index is 2.64. The Morgan fingerprint density at radius 1 is 1.47 bits per heavy atom. The number of nitrogens with two attached hydrogens (primary N) is 1. The second-order valence-corrected chi connectivity index (χ2v) is 6.15. The lowest BCUT2D eigenvalue weighted by atomic mass is 10.2. The molecule has 19 heavy (non-hydrogen) atoms. The summed E-state index contributed by atoms with van der Waals surface area (Å²) in [4.78, 5) is 12.3. The molecule has 0 aliphatic rings. The Morgan fingerprint density at radius 2 is 2.16 bits per heavy atom. The van der Waals surface area contributed by atoms with Gasteiger partial charge in [0, 0.05) is 6.04 Å². The van der Waals surface area contributed by atoms with Gasteiger partial charge in [-0.05, 0) is 31.9 Å². The first-order valence-electron chi connectivity index (χ1n) is 6.48. The summed E-state index contributed by atoms with van der Waals surface area (Å²) >= 11 is 0. The van der Waals surface area contributed by atoms with E-state index in [0.29, 0.717) is 10.6 Å². The number of benzene rings is 1. The number of para-hydroxylation sites is 1. The van der Waals surface area contributed by atoms with Gasteiger partial charge in [0.1, 0.15) is 5.75 Å². The average molecular weight is 282 g/mol. The third-order valence-corrected chi connectivity index (χ3v) is 4.29. The summed E-state index contributed by atoms with van der Waals surface area (Å²) in [6, 6.07) is 5.49. The van der Waals surface area contributed by atoms with Crippen molar-refractivity contribution in [1.29, 1.82) is 0 Å². The van der Waals surface area contributed by atoms with E-state index in [9.17, 15) is 9.00 Å². The molecule has 0 spiro atoms. The van der Waals surface area contributed by atoms with Crippen molar-refractivity contribution >= 4 is 22.4 Å². The Morgan fingerprint density at radius 3 is 2.79 bits per heavy atom. The number of hydrogen-bond acceptors (Lipinski definition) is 3. The molecule has 0 saturated heterocycles. The molecule has 5 heteroatoms. The Kier molecular flexibility index (Phi) is 6.02. The molecule has 0 bridgehead atoms. The lowest BCUT2D eigenvalue weighted by Crippen LogP contribution is -2.35. The molecule has 2 atom stereocenters. The molecule has 0 radical (unpaired) electrons. The van der Waals surface area contributed by atoms with Crippen LogP contribution in [0, 0.1) is 6.92 Å². The van der Waals surface area contributed by atoms with Crippen molar-refractivity contribution in [3.05, 3.63) is 23.8 Å². The van der Waals surface area contributed by atoms with Gasteiger partial charge < -0.3 is 11.1 Å². The first-order valence-corrected chi connectivity index (χ1v) is 7.80. The van der Waals surface area contributed by atoms with E-state index in [1.165, 1.54) is 0 Å². The van der Waals surface area contributed by atoms with Crippen molar-refractivity contribution in [2.45, 2.75) is 44.6 Å². The molecule has 2 unspecified atom stereocenters. The molecule has 0 aromatic heterocycles. The van der Waals surface area contributed by atoms with Crippen LogP contribution >= 0.6 is 0 Å². The highest BCUT2D eigenvalue weighted by atomic mass is 32.2. The third-order valence-electron chi connectivity index (χ3n) is 2.92. The summed E-state index contributed by atoms with van der Waals surface area (Å²) < 4.78 is 12.1. The fourth-order valence-electron chi connectivity index (χ4n) is 1.87. The van der Waals surface area contributed by atoms with Crippen molar-refractivity contribution in [3.63, 3.8) is 0 Å². The van der Waals surface area contributed by atoms with Gasteiger partial charge in [0.25, 0.3) is 0 Å². The van der Waals surface area contributed by atoms with Gasteiger partial charge in [-0.1, -0.05) is 25.5 Å². The van der Waals surface area contributed by atoms with Crippen molar-refractivity contribution in [2.24, 2.45) is 0 Å². The zero-order chi connectivity index (χ0) is 14.4. The molecular formula is C14H22N2O2S. The highest BCUT2D eigenvalue weighted by Crippen LogP contribution is 2.20. The summed E-state index contributed by atoms with van der Waals surface area (Å²) in [6.07, 6.45) is 1.93. The predicted octanol–water partition coefficient (Wildman–Crippen LogP) is 1.99. The summed E-state index contributed by atoms with van der Waals surface area (Å²) in [6.45, 7) is 5.87. The number of nitrogens with one attached hydrogen (secondary N) is 1. The van der Waals surface area contributed by atoms with Crippen LogP contribution in [0.25, 0.3) is 0 Å². The maximum absolute atomic E-state index is 12.1. The van der Waals surface area contributed by atoms with Gasteiger partial charge in [0.05, 0.1) is 21.4 Å². The molecule has 4 nitrogen and oxygen atoms in total. The molecule has 1 aromatic rings. The Labute approximate surface area is 117 Å². The zero-order valence-corrected chi connectivity index (χ0v) is 12.5. The first kappa shape index (κ1) is 15.7. The minimum Gasteiger partial charge on any atom is -0.398 e. The van der Waals surface area contributed by atoms with Crippen molar-refractivity contribution in [2.75, 3.05) is 11.5 Å². The summed E-state index contributed by atoms with van der Waals surface area (Å²) in [7, 11) is -1.39. The van der Waals surface area contributed by atoms with E-state index in [1.807, 2.05) is 19.9 Å². The van der Waals surface area contributed by atoms with Crippen LogP contribution in [0.3, 0.4) is 0 Å². The first-order chi connectivity index (χ1) is 8.95. The van der Waals surface area contributed by atoms with E-state index in [4.69, 9.17) is 5.73 Å². The zero-order valence-electron chi connectivity index (χ0n) is 11.7. The smallest absolute Gasteiger partial charge is 0.233 e. The van der Waals surface area contributed by atoms with Crippen LogP contribution in [-0.2, 0) is 15.6 Å². The normalized spacial score (nSPS) is 13.8. The maximum Gasteiger partial charge on any atom is 0.233 e. The number of rotatable bonds is 6. The van der Waals surface area contributed by atoms with E-state index in [-0.39, 0.29) is 17.7 Å². The van der Waals surface area contributed by atoms with E-state index in [1.54, 1.807) is 12.1 Å². The van der Waals surface area contributed by atoms with Crippen LogP contribution < -0.4 is 11.1 Å². The minimum atomic E-state index is -1.39. The highest BCUT2D eigenvalue weighted by molar-refractivity contribution is 7.86. The quantitative estimate of drug-likeness (QED) is 0.784. The number of aryl methyl sites for hydroxylation is 1. The molecule has 3 N–H and O–H groups in total. The van der Waals surface area contributed by atoms with Gasteiger partial charge >= 0.3 is 0 Å². The van der Waals surface area contributed by atoms with Crippen LogP contribution in [0.5, 0.6) is 0 Å². The lowest BCUT2D eigenvalue weighted by Gasteiger charge is -2.13. The van der Waals surface area contributed by atoms with Gasteiger partial charge in [0.2, 0.25) is 5.91 Å².